The van der Waals surface area contributed by atoms with Gasteiger partial charge in [0.25, 0.3) is 0 Å². The molecule has 142 heavy (non-hydrogen) atoms. The third-order valence-electron chi connectivity index (χ3n) is 19.3. The van der Waals surface area contributed by atoms with E-state index in [0.717, 1.165) is 77.5 Å². The number of ether oxygens (including phenoxy) is 1. The van der Waals surface area contributed by atoms with E-state index in [1.165, 1.54) is 47.7 Å². The number of benzene rings is 9. The highest BCUT2D eigenvalue weighted by Crippen LogP contribution is 2.26. The van der Waals surface area contributed by atoms with Crippen LogP contribution in [0.25, 0.3) is 21.5 Å². The lowest BCUT2D eigenvalue weighted by molar-refractivity contribution is -0.139. The number of aromatic nitrogens is 4. The van der Waals surface area contributed by atoms with Gasteiger partial charge < -0.3 is 118 Å². The molecule has 0 bridgehead atoms. The minimum Gasteiger partial charge on any atom is -0.508 e. The van der Waals surface area contributed by atoms with E-state index in [4.69, 9.17) is 118 Å². The number of carboxylic acid groups (broad SMARTS) is 10. The summed E-state index contributed by atoms with van der Waals surface area (Å²) in [5.41, 5.74) is 62.3. The lowest BCUT2D eigenvalue weighted by Crippen LogP contribution is -2.33. The van der Waals surface area contributed by atoms with Crippen LogP contribution in [-0.2, 0) is 119 Å². The second-order valence-corrected chi connectivity index (χ2v) is 31.3. The molecule has 4 heterocycles. The molecule has 0 amide bonds. The largest absolute Gasteiger partial charge is 0.508 e. The minimum absolute atomic E-state index is 0.160. The predicted molar refractivity (Wildman–Crippen MR) is 514 cm³/mol. The number of thiazole rings is 1. The van der Waals surface area contributed by atoms with Crippen LogP contribution >= 0.6 is 11.3 Å². The fourth-order valence-electron chi connectivity index (χ4n) is 11.6. The number of aliphatic carboxylic acids is 10. The summed E-state index contributed by atoms with van der Waals surface area (Å²) in [6.45, 7) is 0.509. The van der Waals surface area contributed by atoms with Crippen molar-refractivity contribution in [1.82, 2.24) is 19.9 Å². The molecule has 13 aromatic rings. The summed E-state index contributed by atoms with van der Waals surface area (Å²) in [4.78, 5) is 120. The highest BCUT2D eigenvalue weighted by atomic mass is 32.1. The van der Waals surface area contributed by atoms with Crippen LogP contribution in [0.5, 0.6) is 11.5 Å². The Labute approximate surface area is 812 Å². The number of rotatable bonds is 33. The highest BCUT2D eigenvalue weighted by Gasteiger charge is 2.29. The van der Waals surface area contributed by atoms with Crippen molar-refractivity contribution in [2.75, 3.05) is 0 Å². The number of halogens is 6. The quantitative estimate of drug-likeness (QED) is 0.0104. The van der Waals surface area contributed by atoms with Crippen LogP contribution in [0, 0.1) is 34.9 Å². The van der Waals surface area contributed by atoms with Crippen LogP contribution in [0.15, 0.2) is 272 Å². The van der Waals surface area contributed by atoms with Gasteiger partial charge in [0.1, 0.15) is 84.3 Å². The van der Waals surface area contributed by atoms with Crippen molar-refractivity contribution in [1.29, 1.82) is 0 Å². The molecule has 10 atom stereocenters. The van der Waals surface area contributed by atoms with Gasteiger partial charge in [0.15, 0.2) is 23.3 Å². The van der Waals surface area contributed by atoms with Crippen molar-refractivity contribution in [3.8, 4) is 11.5 Å². The molecule has 0 fully saturated rings. The van der Waals surface area contributed by atoms with Crippen molar-refractivity contribution >= 4 is 92.6 Å². The predicted octanol–water partition coefficient (Wildman–Crippen LogP) is 8.48. The average molecular weight is 1990 g/mol. The Morgan fingerprint density at radius 2 is 0.669 bits per heavy atom. The Bertz CT molecular complexity index is 5880. The molecule has 0 saturated carbocycles. The number of nitrogens with zero attached hydrogens (tertiary/aromatic N) is 4. The Kier molecular flexibility index (Phi) is 52.4. The molecular formula is C99H108F6N14O22S. The van der Waals surface area contributed by atoms with Gasteiger partial charge in [-0.15, -0.1) is 11.3 Å². The summed E-state index contributed by atoms with van der Waals surface area (Å²) in [6, 6.07) is 59.7. The highest BCUT2D eigenvalue weighted by molar-refractivity contribution is 7.07. The lowest BCUT2D eigenvalue weighted by Gasteiger charge is -2.10. The van der Waals surface area contributed by atoms with Crippen molar-refractivity contribution in [3.63, 3.8) is 0 Å². The number of phenols is 1. The lowest BCUT2D eigenvalue weighted by atomic mass is 9.99. The van der Waals surface area contributed by atoms with Gasteiger partial charge in [-0.1, -0.05) is 164 Å². The number of carboxylic acids is 10. The zero-order chi connectivity index (χ0) is 106. The van der Waals surface area contributed by atoms with Gasteiger partial charge in [-0.05, 0) is 178 Å². The first-order valence-electron chi connectivity index (χ1n) is 42.4. The number of nitrogens with two attached hydrogens (primary N) is 10. The molecule has 0 spiro atoms. The van der Waals surface area contributed by atoms with Crippen LogP contribution in [0.1, 0.15) is 61.5 Å². The molecule has 9 aromatic carbocycles. The van der Waals surface area contributed by atoms with E-state index in [2.05, 4.69) is 19.9 Å². The van der Waals surface area contributed by atoms with Gasteiger partial charge in [0.2, 0.25) is 5.82 Å². The molecule has 0 unspecified atom stereocenters. The first kappa shape index (κ1) is 118. The number of hydrogen-bond donors (Lipinski definition) is 21. The van der Waals surface area contributed by atoms with E-state index in [1.807, 2.05) is 140 Å². The summed E-state index contributed by atoms with van der Waals surface area (Å²) in [5, 5.41) is 101. The van der Waals surface area contributed by atoms with Crippen LogP contribution < -0.4 is 62.1 Å². The van der Waals surface area contributed by atoms with Crippen LogP contribution in [0.2, 0.25) is 0 Å². The van der Waals surface area contributed by atoms with Gasteiger partial charge in [0, 0.05) is 66.9 Å². The molecule has 4 aromatic heterocycles. The maximum atomic E-state index is 13.1. The van der Waals surface area contributed by atoms with Gasteiger partial charge in [0.05, 0.1) is 11.2 Å². The van der Waals surface area contributed by atoms with E-state index in [0.29, 0.717) is 50.8 Å². The standard InChI is InChI=1S/C16H17NO3.2C13H13NO2.C9H6F5NO2.C9H10FNO2.C9H11NO3.3C8H10N2O2.C6H8N2O2S/c17-15(16(18)19)10-12-6-8-14(9-7-12)20-11-13-4-2-1-3-5-13;14-12(13(15)16)8-10-6-3-5-9-4-1-2-7-11(9)10;14-12(13(15)16)8-9-5-6-10-3-1-2-4-11(10)7-9;10-4-2(1-3(15)9(16)17)5(11)7(13)8(14)6(4)12;10-7-3-1-6(2-4-7)5-8(11)9(12)13;10-8(9(12)13)5-6-1-3-7(11)4-2-6;9-7(8(11)12)5-6-1-3-10-4-2-6;9-7(8(11)12)4-6-2-1-3-10-5-6;9-7(8(11)12)5-6-3-1-2-4-10-6;7-5(6(9)10)1-4-2-11-3-8-4/h1-9,15H,10-11,17H2,(H,18,19);2*1-7,12H,8,14H2,(H,15,16);3H,1,15H2,(H,16,17);1-4,8H,5,11H2,(H,12,13);1-4,8,11H,5,10H2,(H,12,13);1-4,7H,5,9H2,(H,11,12);1-3,5,7H,4,9H2,(H,11,12);1-4,7H,5,9H2,(H,11,12);2-3,5H,1,7H2,(H,9,10)/t15-;2*12-;3-;2*8-;3*7-;5-/m0000000000/s1. The Morgan fingerprint density at radius 1 is 0.296 bits per heavy atom. The summed E-state index contributed by atoms with van der Waals surface area (Å²) in [7, 11) is 0. The molecule has 0 saturated heterocycles. The topological polar surface area (TPSA) is 714 Å². The van der Waals surface area contributed by atoms with Gasteiger partial charge >= 0.3 is 59.7 Å². The summed E-state index contributed by atoms with van der Waals surface area (Å²) >= 11 is 1.43. The fourth-order valence-corrected chi connectivity index (χ4v) is 12.2. The maximum absolute atomic E-state index is 13.1. The fraction of sp³-hybridized carbons (Fsp3) is 0.212. The Hall–Kier alpha value is -15.9. The zero-order valence-electron chi connectivity index (χ0n) is 75.7. The minimum atomic E-state index is -2.30. The Balaban J connectivity index is 0.000000331. The molecule has 754 valence electrons. The van der Waals surface area contributed by atoms with Crippen molar-refractivity contribution in [2.24, 2.45) is 57.3 Å². The molecule has 0 aliphatic heterocycles. The van der Waals surface area contributed by atoms with Crippen LogP contribution in [0.3, 0.4) is 0 Å². The van der Waals surface area contributed by atoms with E-state index in [1.54, 1.807) is 96.5 Å². The number of pyridine rings is 3. The van der Waals surface area contributed by atoms with Crippen LogP contribution in [0.4, 0.5) is 26.3 Å². The second-order valence-electron chi connectivity index (χ2n) is 30.6. The van der Waals surface area contributed by atoms with Gasteiger partial charge in [-0.25, -0.2) is 31.3 Å². The number of phenolic OH excluding ortho intramolecular Hbond substituents is 1. The van der Waals surface area contributed by atoms with Gasteiger partial charge in [-0.3, -0.25) is 62.9 Å². The zero-order valence-corrected chi connectivity index (χ0v) is 76.5. The molecule has 0 aliphatic carbocycles. The Morgan fingerprint density at radius 3 is 1.12 bits per heavy atom. The first-order chi connectivity index (χ1) is 67.2. The summed E-state index contributed by atoms with van der Waals surface area (Å²) in [5.74, 6) is -20.7. The molecule has 31 N–H and O–H groups in total. The number of fused-ring (bicyclic) bond motifs is 2. The van der Waals surface area contributed by atoms with Gasteiger partial charge in [-0.2, -0.15) is 0 Å². The number of carbonyl (C=O) groups is 10. The molecule has 0 radical (unpaired) electrons. The third-order valence-corrected chi connectivity index (χ3v) is 20.0. The van der Waals surface area contributed by atoms with E-state index >= 15 is 0 Å². The normalized spacial score (nSPS) is 12.4. The first-order valence-corrected chi connectivity index (χ1v) is 43.3. The van der Waals surface area contributed by atoms with E-state index in [-0.39, 0.29) is 30.8 Å². The van der Waals surface area contributed by atoms with E-state index in [9.17, 15) is 74.3 Å². The molecule has 43 heteroatoms. The monoisotopic (exact) mass is 1990 g/mol. The van der Waals surface area contributed by atoms with Crippen LogP contribution in [-0.4, -0.2) is 196 Å². The van der Waals surface area contributed by atoms with Crippen molar-refractivity contribution in [2.45, 2.75) is 131 Å². The molecular weight excluding hydrogens is 1880 g/mol. The number of aromatic hydroxyl groups is 1. The van der Waals surface area contributed by atoms with Crippen molar-refractivity contribution in [3.05, 3.63) is 369 Å². The summed E-state index contributed by atoms with van der Waals surface area (Å²) < 4.78 is 82.2. The van der Waals surface area contributed by atoms with Crippen molar-refractivity contribution < 1.29 is 135 Å². The average Bonchev–Trinajstić information content (AvgIpc) is 0.883. The second kappa shape index (κ2) is 62.8. The maximum Gasteiger partial charge on any atom is 0.320 e. The number of hydrogen-bond acceptors (Lipinski definition) is 27. The molecule has 13 rings (SSSR count). The molecule has 0 aliphatic rings. The van der Waals surface area contributed by atoms with E-state index < -0.39 is 161 Å². The molecule has 36 nitrogen and oxygen atoms in total. The summed E-state index contributed by atoms with van der Waals surface area (Å²) in [6.07, 6.45) is 9.86. The third kappa shape index (κ3) is 45.6. The SMILES string of the molecule is N[C@@H](Cc1c(F)c(F)c(F)c(F)c1F)C(=O)O.N[C@@H](Cc1ccc(F)cc1)C(=O)O.N[C@@H](Cc1ccc(O)cc1)C(=O)O.N[C@@H](Cc1ccc(OCc2ccccc2)cc1)C(=O)O.N[C@@H](Cc1ccc2ccccc2c1)C(=O)O.N[C@@H](Cc1cccc2ccccc12)C(=O)O.N[C@@H](Cc1ccccn1)C(=O)O.N[C@@H](Cc1cccnc1)C(=O)O.N[C@@H](Cc1ccncc1)C(=O)O.N[C@@H](Cc1cscn1)C(=O)O. The smallest absolute Gasteiger partial charge is 0.320 e.